The van der Waals surface area contributed by atoms with E-state index in [4.69, 9.17) is 9.47 Å². The van der Waals surface area contributed by atoms with Crippen LogP contribution >= 0.6 is 11.8 Å². The third-order valence-corrected chi connectivity index (χ3v) is 9.27. The van der Waals surface area contributed by atoms with Crippen molar-refractivity contribution in [3.05, 3.63) is 12.2 Å². The smallest absolute Gasteiger partial charge is 0.240 e. The molecule has 3 saturated heterocycles. The molecule has 11 atom stereocenters. The summed E-state index contributed by atoms with van der Waals surface area (Å²) >= 11 is 1.44. The molecule has 0 aliphatic carbocycles. The Morgan fingerprint density at radius 3 is 2.77 bits per heavy atom. The zero-order valence-electron chi connectivity index (χ0n) is 21.2. The highest BCUT2D eigenvalue weighted by Gasteiger charge is 2.49. The van der Waals surface area contributed by atoms with E-state index in [9.17, 15) is 20.1 Å². The lowest BCUT2D eigenvalue weighted by atomic mass is 9.85. The van der Waals surface area contributed by atoms with Crippen LogP contribution in [-0.4, -0.2) is 88.2 Å². The molecule has 200 valence electrons. The summed E-state index contributed by atoms with van der Waals surface area (Å²) in [4.78, 5) is 13.6. The van der Waals surface area contributed by atoms with Gasteiger partial charge in [-0.1, -0.05) is 32.9 Å². The highest BCUT2D eigenvalue weighted by atomic mass is 32.2. The third kappa shape index (κ3) is 6.43. The van der Waals surface area contributed by atoms with E-state index in [1.807, 2.05) is 13.0 Å². The number of hydrogen-bond acceptors (Lipinski definition) is 8. The first-order chi connectivity index (χ1) is 16.8. The van der Waals surface area contributed by atoms with Crippen LogP contribution in [0.25, 0.3) is 0 Å². The van der Waals surface area contributed by atoms with E-state index in [1.54, 1.807) is 0 Å². The fourth-order valence-electron chi connectivity index (χ4n) is 6.18. The van der Waals surface area contributed by atoms with E-state index in [0.717, 1.165) is 38.0 Å². The standard InChI is InChI=1S/C26H44N2O6S/c1-14(2)11-16-8-9-33-23-17(12-16)13-27-19(23)25(32)28-18-15(3)7-5-4-6-10-35-26-22(31)20(29)21(30)24(18)34-26/h5,7,14-24,26-27,29-31H,4,6,8-13H2,1-3H3,(H,28,32)/b7-5-/t15-,16-,17-,18+,19-,20-,21+,22+,23+,24+,26+/m0/s1. The van der Waals surface area contributed by atoms with E-state index in [2.05, 4.69) is 30.6 Å². The Morgan fingerprint density at radius 2 is 2.00 bits per heavy atom. The topological polar surface area (TPSA) is 120 Å². The van der Waals surface area contributed by atoms with Crippen molar-refractivity contribution in [2.24, 2.45) is 23.7 Å². The molecule has 4 aliphatic rings. The van der Waals surface area contributed by atoms with Crippen molar-refractivity contribution in [2.75, 3.05) is 18.9 Å². The molecule has 2 bridgehead atoms. The van der Waals surface area contributed by atoms with Gasteiger partial charge in [0.15, 0.2) is 0 Å². The largest absolute Gasteiger partial charge is 0.388 e. The first kappa shape index (κ1) is 27.4. The van der Waals surface area contributed by atoms with Crippen molar-refractivity contribution >= 4 is 17.7 Å². The van der Waals surface area contributed by atoms with Crippen LogP contribution in [0.2, 0.25) is 0 Å². The molecule has 9 heteroatoms. The molecule has 4 rings (SSSR count). The van der Waals surface area contributed by atoms with Gasteiger partial charge in [-0.25, -0.2) is 0 Å². The third-order valence-electron chi connectivity index (χ3n) is 8.03. The van der Waals surface area contributed by atoms with Crippen molar-refractivity contribution < 1.29 is 29.6 Å². The van der Waals surface area contributed by atoms with Crippen molar-refractivity contribution in [2.45, 2.75) is 101 Å². The molecule has 35 heavy (non-hydrogen) atoms. The predicted molar refractivity (Wildman–Crippen MR) is 136 cm³/mol. The van der Waals surface area contributed by atoms with E-state index >= 15 is 0 Å². The minimum Gasteiger partial charge on any atom is -0.388 e. The molecule has 1 amide bonds. The molecular formula is C26H44N2O6S. The van der Waals surface area contributed by atoms with Gasteiger partial charge < -0.3 is 35.4 Å². The number of allylic oxidation sites excluding steroid dienone is 1. The van der Waals surface area contributed by atoms with Gasteiger partial charge in [0, 0.05) is 13.2 Å². The second-order valence-electron chi connectivity index (χ2n) is 11.3. The van der Waals surface area contributed by atoms with E-state index in [0.29, 0.717) is 24.4 Å². The molecule has 0 radical (unpaired) electrons. The predicted octanol–water partition coefficient (Wildman–Crippen LogP) is 1.43. The number of nitrogens with one attached hydrogen (secondary N) is 2. The van der Waals surface area contributed by atoms with Gasteiger partial charge in [0.1, 0.15) is 35.9 Å². The summed E-state index contributed by atoms with van der Waals surface area (Å²) in [6.45, 7) is 7.91. The second kappa shape index (κ2) is 12.2. The fourth-order valence-corrected chi connectivity index (χ4v) is 7.31. The molecule has 0 spiro atoms. The summed E-state index contributed by atoms with van der Waals surface area (Å²) in [5.74, 6) is 2.05. The Kier molecular flexibility index (Phi) is 9.57. The minimum absolute atomic E-state index is 0.132. The first-order valence-corrected chi connectivity index (χ1v) is 14.4. The lowest BCUT2D eigenvalue weighted by molar-refractivity contribution is -0.207. The van der Waals surface area contributed by atoms with Crippen molar-refractivity contribution in [1.29, 1.82) is 0 Å². The lowest BCUT2D eigenvalue weighted by Gasteiger charge is -2.44. The number of carbonyl (C=O) groups is 1. The zero-order chi connectivity index (χ0) is 25.1. The minimum atomic E-state index is -1.33. The SMILES string of the molecule is CC(C)C[C@@H]1CCO[C@@H]2[C@H](CN[C@@H]2C(=O)N[C@H]2[C@H]3O[C@H](SCCC/C=C\[C@@H]2C)[C@H](O)[C@@H](O)[C@H]3O)C1. The molecule has 3 fully saturated rings. The first-order valence-electron chi connectivity index (χ1n) is 13.4. The zero-order valence-corrected chi connectivity index (χ0v) is 22.0. The maximum absolute atomic E-state index is 13.6. The highest BCUT2D eigenvalue weighted by molar-refractivity contribution is 7.99. The van der Waals surface area contributed by atoms with Crippen molar-refractivity contribution in [3.8, 4) is 0 Å². The molecule has 4 heterocycles. The Hall–Kier alpha value is -0.680. The van der Waals surface area contributed by atoms with Gasteiger partial charge in [-0.05, 0) is 61.5 Å². The number of thioether (sulfide) groups is 1. The molecular weight excluding hydrogens is 468 g/mol. The summed E-state index contributed by atoms with van der Waals surface area (Å²) < 4.78 is 12.4. The lowest BCUT2D eigenvalue weighted by Crippen LogP contribution is -2.65. The summed E-state index contributed by atoms with van der Waals surface area (Å²) in [6, 6.07) is -1.02. The summed E-state index contributed by atoms with van der Waals surface area (Å²) in [6.07, 6.45) is 4.41. The molecule has 0 unspecified atom stereocenters. The van der Waals surface area contributed by atoms with E-state index < -0.39 is 41.9 Å². The Balaban J connectivity index is 1.49. The molecule has 8 nitrogen and oxygen atoms in total. The van der Waals surface area contributed by atoms with Gasteiger partial charge in [0.2, 0.25) is 5.91 Å². The number of aliphatic hydroxyl groups is 3. The number of carbonyl (C=O) groups excluding carboxylic acids is 1. The molecule has 0 saturated carbocycles. The summed E-state index contributed by atoms with van der Waals surface area (Å²) in [7, 11) is 0. The summed E-state index contributed by atoms with van der Waals surface area (Å²) in [5, 5.41) is 38.4. The number of fused-ring (bicyclic) bond motifs is 3. The molecule has 0 aromatic carbocycles. The molecule has 0 aromatic rings. The number of ether oxygens (including phenoxy) is 2. The van der Waals surface area contributed by atoms with Gasteiger partial charge >= 0.3 is 0 Å². The molecule has 0 aromatic heterocycles. The van der Waals surface area contributed by atoms with Crippen LogP contribution in [-0.2, 0) is 14.3 Å². The maximum atomic E-state index is 13.6. The average Bonchev–Trinajstić information content (AvgIpc) is 3.09. The van der Waals surface area contributed by atoms with Gasteiger partial charge in [0.25, 0.3) is 0 Å². The van der Waals surface area contributed by atoms with Crippen LogP contribution in [0, 0.1) is 23.7 Å². The van der Waals surface area contributed by atoms with Crippen LogP contribution < -0.4 is 10.6 Å². The highest BCUT2D eigenvalue weighted by Crippen LogP contribution is 2.35. The summed E-state index contributed by atoms with van der Waals surface area (Å²) in [5.41, 5.74) is -0.653. The van der Waals surface area contributed by atoms with Gasteiger partial charge in [-0.3, -0.25) is 4.79 Å². The van der Waals surface area contributed by atoms with Crippen molar-refractivity contribution in [3.63, 3.8) is 0 Å². The Morgan fingerprint density at radius 1 is 1.20 bits per heavy atom. The number of hydrogen-bond donors (Lipinski definition) is 5. The number of rotatable bonds is 4. The number of amides is 1. The average molecular weight is 513 g/mol. The van der Waals surface area contributed by atoms with Crippen LogP contribution in [0.1, 0.15) is 52.9 Å². The van der Waals surface area contributed by atoms with Crippen LogP contribution in [0.5, 0.6) is 0 Å². The Bertz CT molecular complexity index is 739. The monoisotopic (exact) mass is 512 g/mol. The van der Waals surface area contributed by atoms with Crippen molar-refractivity contribution in [1.82, 2.24) is 10.6 Å². The van der Waals surface area contributed by atoms with Crippen LogP contribution in [0.3, 0.4) is 0 Å². The normalized spacial score (nSPS) is 45.7. The number of aliphatic hydroxyl groups excluding tert-OH is 3. The van der Waals surface area contributed by atoms with E-state index in [1.165, 1.54) is 18.2 Å². The van der Waals surface area contributed by atoms with Gasteiger partial charge in [-0.2, -0.15) is 0 Å². The van der Waals surface area contributed by atoms with Crippen LogP contribution in [0.15, 0.2) is 12.2 Å². The van der Waals surface area contributed by atoms with Crippen LogP contribution in [0.4, 0.5) is 0 Å². The Labute approximate surface area is 213 Å². The molecule has 4 aliphatic heterocycles. The van der Waals surface area contributed by atoms with Gasteiger partial charge in [-0.15, -0.1) is 11.8 Å². The second-order valence-corrected chi connectivity index (χ2v) is 12.5. The van der Waals surface area contributed by atoms with E-state index in [-0.39, 0.29) is 17.9 Å². The molecule has 5 N–H and O–H groups in total. The maximum Gasteiger partial charge on any atom is 0.240 e. The van der Waals surface area contributed by atoms with Gasteiger partial charge in [0.05, 0.1) is 12.1 Å². The quantitative estimate of drug-likeness (QED) is 0.359. The fraction of sp³-hybridized carbons (Fsp3) is 0.885.